The zero-order valence-corrected chi connectivity index (χ0v) is 15.8. The molecule has 0 spiro atoms. The molecule has 150 valence electrons. The van der Waals surface area contributed by atoms with Gasteiger partial charge in [-0.25, -0.2) is 17.2 Å². The third-order valence-corrected chi connectivity index (χ3v) is 5.06. The van der Waals surface area contributed by atoms with Crippen LogP contribution in [0.1, 0.15) is 12.5 Å². The van der Waals surface area contributed by atoms with E-state index in [1.54, 1.807) is 6.92 Å². The third kappa shape index (κ3) is 5.83. The van der Waals surface area contributed by atoms with E-state index in [9.17, 15) is 26.8 Å². The third-order valence-electron chi connectivity index (χ3n) is 3.65. The van der Waals surface area contributed by atoms with Crippen LogP contribution in [0.5, 0.6) is 0 Å². The van der Waals surface area contributed by atoms with E-state index in [0.717, 1.165) is 30.3 Å². The number of rotatable bonds is 7. The van der Waals surface area contributed by atoms with E-state index < -0.39 is 46.2 Å². The molecular formula is C18H18F2N2O5S. The highest BCUT2D eigenvalue weighted by atomic mass is 32.2. The Labute approximate surface area is 160 Å². The Morgan fingerprint density at radius 3 is 2.36 bits per heavy atom. The van der Waals surface area contributed by atoms with Gasteiger partial charge in [0.25, 0.3) is 5.91 Å². The van der Waals surface area contributed by atoms with Gasteiger partial charge in [0.1, 0.15) is 18.2 Å². The van der Waals surface area contributed by atoms with Gasteiger partial charge in [-0.05, 0) is 55.8 Å². The van der Waals surface area contributed by atoms with E-state index >= 15 is 0 Å². The Kier molecular flexibility index (Phi) is 6.81. The second-order valence-corrected chi connectivity index (χ2v) is 7.63. The van der Waals surface area contributed by atoms with Gasteiger partial charge in [0.05, 0.1) is 4.90 Å². The predicted molar refractivity (Wildman–Crippen MR) is 96.9 cm³/mol. The average molecular weight is 412 g/mol. The second kappa shape index (κ2) is 8.89. The van der Waals surface area contributed by atoms with Crippen molar-refractivity contribution in [2.75, 3.05) is 11.9 Å². The van der Waals surface area contributed by atoms with Crippen LogP contribution in [0.15, 0.2) is 47.4 Å². The van der Waals surface area contributed by atoms with E-state index in [4.69, 9.17) is 4.74 Å². The highest BCUT2D eigenvalue weighted by Crippen LogP contribution is 2.14. The van der Waals surface area contributed by atoms with Crippen LogP contribution < -0.4 is 10.0 Å². The molecule has 2 N–H and O–H groups in total. The van der Waals surface area contributed by atoms with Crippen molar-refractivity contribution >= 4 is 27.6 Å². The quantitative estimate of drug-likeness (QED) is 0.679. The highest BCUT2D eigenvalue weighted by Gasteiger charge is 2.21. The molecular weight excluding hydrogens is 394 g/mol. The van der Waals surface area contributed by atoms with Gasteiger partial charge in [-0.1, -0.05) is 6.07 Å². The summed E-state index contributed by atoms with van der Waals surface area (Å²) in [5.74, 6) is -2.81. The number of benzene rings is 2. The molecule has 0 saturated carbocycles. The lowest BCUT2D eigenvalue weighted by Crippen LogP contribution is -2.35. The molecule has 0 aliphatic carbocycles. The van der Waals surface area contributed by atoms with Crippen LogP contribution in [0.2, 0.25) is 0 Å². The molecule has 10 heteroatoms. The lowest BCUT2D eigenvalue weighted by molar-refractivity contribution is -0.151. The van der Waals surface area contributed by atoms with E-state index in [2.05, 4.69) is 5.32 Å². The number of hydrogen-bond donors (Lipinski definition) is 2. The first kappa shape index (κ1) is 21.5. The molecule has 2 aromatic carbocycles. The Balaban J connectivity index is 1.88. The maximum absolute atomic E-state index is 13.5. The van der Waals surface area contributed by atoms with Crippen LogP contribution in [-0.2, 0) is 24.3 Å². The lowest BCUT2D eigenvalue weighted by Gasteiger charge is -2.14. The maximum Gasteiger partial charge on any atom is 0.321 e. The number of anilines is 1. The summed E-state index contributed by atoms with van der Waals surface area (Å²) in [5.41, 5.74) is 0.596. The number of halogens is 2. The number of hydrogen-bond acceptors (Lipinski definition) is 5. The van der Waals surface area contributed by atoms with E-state index in [0.29, 0.717) is 5.56 Å². The molecule has 28 heavy (non-hydrogen) atoms. The lowest BCUT2D eigenvalue weighted by atomic mass is 10.2. The van der Waals surface area contributed by atoms with Crippen molar-refractivity contribution in [2.45, 2.75) is 24.8 Å². The van der Waals surface area contributed by atoms with Crippen molar-refractivity contribution in [1.82, 2.24) is 4.72 Å². The van der Waals surface area contributed by atoms with Crippen molar-refractivity contribution in [3.05, 3.63) is 59.7 Å². The van der Waals surface area contributed by atoms with E-state index in [-0.39, 0.29) is 10.6 Å². The second-order valence-electron chi connectivity index (χ2n) is 5.86. The Morgan fingerprint density at radius 2 is 1.75 bits per heavy atom. The SMILES string of the molecule is Cc1ccc(NC(=O)[C@@H](C)OC(=O)CNS(=O)(=O)c2ccc(F)cc2)cc1F. The summed E-state index contributed by atoms with van der Waals surface area (Å²) >= 11 is 0. The summed E-state index contributed by atoms with van der Waals surface area (Å²) in [7, 11) is -4.05. The smallest absolute Gasteiger partial charge is 0.321 e. The Bertz CT molecular complexity index is 978. The summed E-state index contributed by atoms with van der Waals surface area (Å²) < 4.78 is 57.2. The Morgan fingerprint density at radius 1 is 1.11 bits per heavy atom. The Hall–Kier alpha value is -2.85. The van der Waals surface area contributed by atoms with Crippen molar-refractivity contribution in [3.63, 3.8) is 0 Å². The van der Waals surface area contributed by atoms with Crippen LogP contribution in [0.25, 0.3) is 0 Å². The number of carbonyl (C=O) groups is 2. The number of sulfonamides is 1. The summed E-state index contributed by atoms with van der Waals surface area (Å²) in [4.78, 5) is 23.6. The molecule has 0 heterocycles. The topological polar surface area (TPSA) is 102 Å². The molecule has 0 aromatic heterocycles. The molecule has 1 atom stereocenters. The van der Waals surface area contributed by atoms with Crippen LogP contribution in [-0.4, -0.2) is 32.9 Å². The van der Waals surface area contributed by atoms with Gasteiger partial charge in [-0.15, -0.1) is 0 Å². The van der Waals surface area contributed by atoms with Crippen LogP contribution in [0.3, 0.4) is 0 Å². The zero-order valence-electron chi connectivity index (χ0n) is 15.0. The van der Waals surface area contributed by atoms with Gasteiger partial charge in [0, 0.05) is 5.69 Å². The standard InChI is InChI=1S/C18H18F2N2O5S/c1-11-3-6-14(9-16(11)20)22-18(24)12(2)27-17(23)10-21-28(25,26)15-7-4-13(19)5-8-15/h3-9,12,21H,10H2,1-2H3,(H,22,24)/t12-/m1/s1. The number of nitrogens with one attached hydrogen (secondary N) is 2. The number of aryl methyl sites for hydroxylation is 1. The fourth-order valence-electron chi connectivity index (χ4n) is 2.06. The first-order valence-corrected chi connectivity index (χ1v) is 9.58. The van der Waals surface area contributed by atoms with Crippen LogP contribution >= 0.6 is 0 Å². The summed E-state index contributed by atoms with van der Waals surface area (Å²) in [6.45, 7) is 2.13. The van der Waals surface area contributed by atoms with E-state index in [1.165, 1.54) is 19.1 Å². The largest absolute Gasteiger partial charge is 0.452 e. The summed E-state index contributed by atoms with van der Waals surface area (Å²) in [6, 6.07) is 8.10. The minimum absolute atomic E-state index is 0.188. The number of ether oxygens (including phenoxy) is 1. The molecule has 0 fully saturated rings. The van der Waals surface area contributed by atoms with Gasteiger partial charge >= 0.3 is 5.97 Å². The molecule has 0 aliphatic rings. The fraction of sp³-hybridized carbons (Fsp3) is 0.222. The number of esters is 1. The molecule has 0 radical (unpaired) electrons. The monoisotopic (exact) mass is 412 g/mol. The fourth-order valence-corrected chi connectivity index (χ4v) is 3.03. The first-order valence-electron chi connectivity index (χ1n) is 8.10. The molecule has 7 nitrogen and oxygen atoms in total. The molecule has 0 aliphatic heterocycles. The van der Waals surface area contributed by atoms with Gasteiger partial charge < -0.3 is 10.1 Å². The van der Waals surface area contributed by atoms with Gasteiger partial charge in [0.2, 0.25) is 10.0 Å². The zero-order chi connectivity index (χ0) is 20.9. The summed E-state index contributed by atoms with van der Waals surface area (Å²) in [6.07, 6.45) is -1.24. The molecule has 1 amide bonds. The van der Waals surface area contributed by atoms with Gasteiger partial charge in [-0.3, -0.25) is 9.59 Å². The van der Waals surface area contributed by atoms with E-state index in [1.807, 2.05) is 4.72 Å². The normalized spacial score (nSPS) is 12.3. The van der Waals surface area contributed by atoms with Crippen molar-refractivity contribution in [3.8, 4) is 0 Å². The minimum atomic E-state index is -4.05. The molecule has 2 rings (SSSR count). The average Bonchev–Trinajstić information content (AvgIpc) is 2.63. The first-order chi connectivity index (χ1) is 13.1. The molecule has 0 unspecified atom stereocenters. The minimum Gasteiger partial charge on any atom is -0.452 e. The van der Waals surface area contributed by atoms with Crippen molar-refractivity contribution in [2.24, 2.45) is 0 Å². The van der Waals surface area contributed by atoms with Gasteiger partial charge in [-0.2, -0.15) is 4.72 Å². The maximum atomic E-state index is 13.5. The van der Waals surface area contributed by atoms with Gasteiger partial charge in [0.15, 0.2) is 6.10 Å². The van der Waals surface area contributed by atoms with Crippen LogP contribution in [0, 0.1) is 18.6 Å². The molecule has 0 bridgehead atoms. The van der Waals surface area contributed by atoms with Crippen molar-refractivity contribution < 1.29 is 31.5 Å². The number of carbonyl (C=O) groups excluding carboxylic acids is 2. The van der Waals surface area contributed by atoms with Crippen molar-refractivity contribution in [1.29, 1.82) is 0 Å². The van der Waals surface area contributed by atoms with Crippen LogP contribution in [0.4, 0.5) is 14.5 Å². The molecule has 2 aromatic rings. The predicted octanol–water partition coefficient (Wildman–Crippen LogP) is 2.12. The molecule has 0 saturated heterocycles. The summed E-state index contributed by atoms with van der Waals surface area (Å²) in [5, 5.41) is 2.39. The number of amides is 1. The highest BCUT2D eigenvalue weighted by molar-refractivity contribution is 7.89.